The Labute approximate surface area is 57.0 Å². The summed E-state index contributed by atoms with van der Waals surface area (Å²) in [6, 6.07) is 0. The van der Waals surface area contributed by atoms with Crippen molar-refractivity contribution in [2.24, 2.45) is 0 Å². The molecule has 9 heavy (non-hydrogen) atoms. The summed E-state index contributed by atoms with van der Waals surface area (Å²) in [5, 5.41) is 2.44. The molecule has 0 heterocycles. The fourth-order valence-corrected chi connectivity index (χ4v) is 0.235. The molecule has 0 rings (SSSR count). The van der Waals surface area contributed by atoms with Crippen LogP contribution in [0, 0.1) is 0 Å². The first-order valence-electron chi connectivity index (χ1n) is 3.15. The predicted molar refractivity (Wildman–Crippen MR) is 40.2 cm³/mol. The molecule has 0 aliphatic carbocycles. The van der Waals surface area contributed by atoms with E-state index in [0.717, 1.165) is 0 Å². The van der Waals surface area contributed by atoms with E-state index in [9.17, 15) is 4.79 Å². The second-order valence-electron chi connectivity index (χ2n) is 1.11. The smallest absolute Gasteiger partial charge is 0.243 e. The first-order chi connectivity index (χ1) is 4.31. The maximum absolute atomic E-state index is 10.2. The monoisotopic (exact) mass is 129 g/mol. The third-order valence-electron chi connectivity index (χ3n) is 0.564. The molecule has 1 amide bonds. The van der Waals surface area contributed by atoms with Gasteiger partial charge in [-0.1, -0.05) is 19.9 Å². The molecule has 0 fully saturated rings. The van der Waals surface area contributed by atoms with Crippen LogP contribution in [-0.2, 0) is 4.79 Å². The van der Waals surface area contributed by atoms with E-state index < -0.39 is 0 Å². The van der Waals surface area contributed by atoms with Crippen LogP contribution in [0.2, 0.25) is 0 Å². The predicted octanol–water partition coefficient (Wildman–Crippen LogP) is 1.33. The van der Waals surface area contributed by atoms with E-state index in [4.69, 9.17) is 0 Å². The molecule has 0 spiro atoms. The summed E-state index contributed by atoms with van der Waals surface area (Å²) in [6.45, 7) is 5.80. The van der Waals surface area contributed by atoms with Gasteiger partial charge in [-0.05, 0) is 13.0 Å². The number of nitrogens with one attached hydrogen (secondary N) is 1. The Morgan fingerprint density at radius 2 is 1.89 bits per heavy atom. The molecule has 0 aliphatic heterocycles. The molecule has 0 saturated carbocycles. The van der Waals surface area contributed by atoms with Crippen LogP contribution >= 0.6 is 0 Å². The van der Waals surface area contributed by atoms with Crippen molar-refractivity contribution in [1.82, 2.24) is 5.32 Å². The summed E-state index contributed by atoms with van der Waals surface area (Å²) < 4.78 is 0. The highest BCUT2D eigenvalue weighted by Crippen LogP contribution is 1.66. The van der Waals surface area contributed by atoms with Gasteiger partial charge in [-0.3, -0.25) is 4.79 Å². The van der Waals surface area contributed by atoms with Crippen LogP contribution in [0.5, 0.6) is 0 Å². The van der Waals surface area contributed by atoms with Crippen LogP contribution < -0.4 is 5.32 Å². The minimum absolute atomic E-state index is 0.0532. The van der Waals surface area contributed by atoms with Crippen molar-refractivity contribution < 1.29 is 4.79 Å². The van der Waals surface area contributed by atoms with E-state index >= 15 is 0 Å². The Bertz CT molecular complexity index is 86.9. The minimum Gasteiger partial charge on any atom is -0.356 e. The van der Waals surface area contributed by atoms with E-state index in [0.29, 0.717) is 0 Å². The second-order valence-corrected chi connectivity index (χ2v) is 1.11. The molecule has 1 N–H and O–H groups in total. The lowest BCUT2D eigenvalue weighted by Gasteiger charge is -1.84. The largest absolute Gasteiger partial charge is 0.356 e. The average Bonchev–Trinajstić information content (AvgIpc) is 1.93. The van der Waals surface area contributed by atoms with E-state index in [-0.39, 0.29) is 5.91 Å². The zero-order valence-corrected chi connectivity index (χ0v) is 6.56. The van der Waals surface area contributed by atoms with Gasteiger partial charge in [0.2, 0.25) is 5.91 Å². The van der Waals surface area contributed by atoms with Crippen LogP contribution in [0.15, 0.2) is 12.2 Å². The van der Waals surface area contributed by atoms with Gasteiger partial charge >= 0.3 is 0 Å². The van der Waals surface area contributed by atoms with Crippen molar-refractivity contribution in [3.05, 3.63) is 12.2 Å². The third-order valence-corrected chi connectivity index (χ3v) is 0.564. The molecule has 0 atom stereocenters. The van der Waals surface area contributed by atoms with Gasteiger partial charge in [-0.15, -0.1) is 0 Å². The standard InChI is InChI=1S/C5H9NO.C2H6/c1-3-4-5(7)6-2;1-2/h3-4H,1-2H3,(H,6,7);1-2H3/b4-3+;. The molecule has 0 radical (unpaired) electrons. The van der Waals surface area contributed by atoms with E-state index in [1.54, 1.807) is 20.0 Å². The van der Waals surface area contributed by atoms with Crippen molar-refractivity contribution >= 4 is 5.91 Å². The SMILES string of the molecule is C/C=C/C(=O)NC.CC. The summed E-state index contributed by atoms with van der Waals surface area (Å²) >= 11 is 0. The van der Waals surface area contributed by atoms with Gasteiger partial charge in [0.1, 0.15) is 0 Å². The van der Waals surface area contributed by atoms with Crippen molar-refractivity contribution in [3.8, 4) is 0 Å². The van der Waals surface area contributed by atoms with Crippen LogP contribution in [0.25, 0.3) is 0 Å². The fourth-order valence-electron chi connectivity index (χ4n) is 0.235. The Morgan fingerprint density at radius 3 is 2.00 bits per heavy atom. The van der Waals surface area contributed by atoms with Crippen LogP contribution in [0.4, 0.5) is 0 Å². The van der Waals surface area contributed by atoms with E-state index in [1.807, 2.05) is 13.8 Å². The van der Waals surface area contributed by atoms with Gasteiger partial charge in [-0.25, -0.2) is 0 Å². The molecule has 0 saturated heterocycles. The first kappa shape index (κ1) is 11.1. The Morgan fingerprint density at radius 1 is 1.44 bits per heavy atom. The number of rotatable bonds is 1. The van der Waals surface area contributed by atoms with Crippen molar-refractivity contribution in [2.45, 2.75) is 20.8 Å². The summed E-state index contributed by atoms with van der Waals surface area (Å²) in [4.78, 5) is 10.2. The van der Waals surface area contributed by atoms with Gasteiger partial charge in [-0.2, -0.15) is 0 Å². The maximum atomic E-state index is 10.2. The fraction of sp³-hybridized carbons (Fsp3) is 0.571. The molecule has 54 valence electrons. The van der Waals surface area contributed by atoms with Gasteiger partial charge in [0.15, 0.2) is 0 Å². The molecule has 2 nitrogen and oxygen atoms in total. The minimum atomic E-state index is -0.0532. The summed E-state index contributed by atoms with van der Waals surface area (Å²) in [5.74, 6) is -0.0532. The number of allylic oxidation sites excluding steroid dienone is 1. The van der Waals surface area contributed by atoms with Crippen LogP contribution in [0.1, 0.15) is 20.8 Å². The number of hydrogen-bond acceptors (Lipinski definition) is 1. The highest BCUT2D eigenvalue weighted by molar-refractivity contribution is 5.86. The second kappa shape index (κ2) is 10.2. The molecule has 0 bridgehead atoms. The van der Waals surface area contributed by atoms with Crippen molar-refractivity contribution in [2.75, 3.05) is 7.05 Å². The summed E-state index contributed by atoms with van der Waals surface area (Å²) in [5.41, 5.74) is 0. The van der Waals surface area contributed by atoms with Gasteiger partial charge < -0.3 is 5.32 Å². The number of carbonyl (C=O) groups is 1. The Kier molecular flexibility index (Phi) is 12.6. The van der Waals surface area contributed by atoms with Crippen LogP contribution in [0.3, 0.4) is 0 Å². The third kappa shape index (κ3) is 11.0. The normalized spacial score (nSPS) is 8.00. The molecule has 0 unspecified atom stereocenters. The molecular weight excluding hydrogens is 114 g/mol. The molecule has 0 aromatic carbocycles. The molecule has 2 heteroatoms. The maximum Gasteiger partial charge on any atom is 0.243 e. The van der Waals surface area contributed by atoms with Gasteiger partial charge in [0.25, 0.3) is 0 Å². The number of likely N-dealkylation sites (N-methyl/N-ethyl adjacent to an activating group) is 1. The van der Waals surface area contributed by atoms with Crippen LogP contribution in [-0.4, -0.2) is 13.0 Å². The lowest BCUT2D eigenvalue weighted by Crippen LogP contribution is -2.13. The summed E-state index contributed by atoms with van der Waals surface area (Å²) in [7, 11) is 1.60. The van der Waals surface area contributed by atoms with Gasteiger partial charge in [0.05, 0.1) is 0 Å². The lowest BCUT2D eigenvalue weighted by molar-refractivity contribution is -0.116. The van der Waals surface area contributed by atoms with E-state index in [1.165, 1.54) is 6.08 Å². The lowest BCUT2D eigenvalue weighted by atomic mass is 10.5. The molecule has 0 aliphatic rings. The Hall–Kier alpha value is -0.790. The quantitative estimate of drug-likeness (QED) is 0.532. The highest BCUT2D eigenvalue weighted by Gasteiger charge is 1.81. The topological polar surface area (TPSA) is 29.1 Å². The van der Waals surface area contributed by atoms with E-state index in [2.05, 4.69) is 5.32 Å². The number of carbonyl (C=O) groups excluding carboxylic acids is 1. The summed E-state index contributed by atoms with van der Waals surface area (Å²) in [6.07, 6.45) is 3.17. The highest BCUT2D eigenvalue weighted by atomic mass is 16.1. The molecule has 0 aromatic heterocycles. The molecule has 0 aromatic rings. The number of amides is 1. The van der Waals surface area contributed by atoms with Crippen molar-refractivity contribution in [3.63, 3.8) is 0 Å². The zero-order chi connectivity index (χ0) is 7.70. The Balaban J connectivity index is 0. The van der Waals surface area contributed by atoms with Crippen molar-refractivity contribution in [1.29, 1.82) is 0 Å². The zero-order valence-electron chi connectivity index (χ0n) is 6.56. The molecular formula is C7H15NO. The first-order valence-corrected chi connectivity index (χ1v) is 3.15. The number of hydrogen-bond donors (Lipinski definition) is 1. The average molecular weight is 129 g/mol. The van der Waals surface area contributed by atoms with Gasteiger partial charge in [0, 0.05) is 7.05 Å².